The van der Waals surface area contributed by atoms with Crippen LogP contribution in [0.5, 0.6) is 11.5 Å². The van der Waals surface area contributed by atoms with E-state index < -0.39 is 12.0 Å². The summed E-state index contributed by atoms with van der Waals surface area (Å²) in [6, 6.07) is 2.57. The molecule has 2 N–H and O–H groups in total. The lowest BCUT2D eigenvalue weighted by Gasteiger charge is -2.30. The monoisotopic (exact) mass is 454 g/mol. The second kappa shape index (κ2) is 9.82. The van der Waals surface area contributed by atoms with Crippen LogP contribution in [0.15, 0.2) is 27.9 Å². The number of ether oxygens (including phenoxy) is 3. The summed E-state index contributed by atoms with van der Waals surface area (Å²) in [4.78, 5) is 25.0. The summed E-state index contributed by atoms with van der Waals surface area (Å²) in [5.41, 5.74) is 1.62. The number of amides is 2. The molecule has 1 atom stereocenters. The number of carbonyl (C=O) groups is 2. The zero-order valence-corrected chi connectivity index (χ0v) is 18.4. The van der Waals surface area contributed by atoms with Crippen molar-refractivity contribution in [3.05, 3.63) is 33.4 Å². The van der Waals surface area contributed by atoms with Crippen LogP contribution in [0.25, 0.3) is 0 Å². The minimum atomic E-state index is -0.666. The number of hydrogen-bond acceptors (Lipinski definition) is 5. The molecule has 1 aromatic carbocycles. The highest BCUT2D eigenvalue weighted by atomic mass is 79.9. The van der Waals surface area contributed by atoms with Gasteiger partial charge in [-0.1, -0.05) is 6.92 Å². The van der Waals surface area contributed by atoms with Gasteiger partial charge in [-0.2, -0.15) is 0 Å². The van der Waals surface area contributed by atoms with E-state index in [4.69, 9.17) is 14.2 Å². The van der Waals surface area contributed by atoms with Crippen molar-refractivity contribution in [1.29, 1.82) is 0 Å². The maximum atomic E-state index is 12.8. The van der Waals surface area contributed by atoms with E-state index in [1.807, 2.05) is 26.8 Å². The van der Waals surface area contributed by atoms with Crippen molar-refractivity contribution in [3.8, 4) is 11.5 Å². The molecule has 1 aromatic rings. The summed E-state index contributed by atoms with van der Waals surface area (Å²) in [5, 5.41) is 5.54. The number of urea groups is 1. The van der Waals surface area contributed by atoms with Crippen LogP contribution in [-0.4, -0.2) is 31.3 Å². The van der Waals surface area contributed by atoms with E-state index in [-0.39, 0.29) is 12.1 Å². The summed E-state index contributed by atoms with van der Waals surface area (Å²) in [6.45, 7) is 10.1. The zero-order chi connectivity index (χ0) is 20.8. The molecule has 1 heterocycles. The zero-order valence-electron chi connectivity index (χ0n) is 16.8. The first-order chi connectivity index (χ1) is 13.3. The largest absolute Gasteiger partial charge is 0.490 e. The second-order valence-electron chi connectivity index (χ2n) is 6.43. The summed E-state index contributed by atoms with van der Waals surface area (Å²) in [5.74, 6) is 0.655. The summed E-state index contributed by atoms with van der Waals surface area (Å²) in [7, 11) is 0. The molecule has 0 spiro atoms. The van der Waals surface area contributed by atoms with Crippen LogP contribution in [0.4, 0.5) is 4.79 Å². The number of carbonyl (C=O) groups excluding carboxylic acids is 2. The molecule has 0 radical (unpaired) electrons. The maximum absolute atomic E-state index is 12.8. The van der Waals surface area contributed by atoms with Gasteiger partial charge >= 0.3 is 12.0 Å². The molecule has 1 aliphatic rings. The van der Waals surface area contributed by atoms with Gasteiger partial charge in [0.25, 0.3) is 0 Å². The summed E-state index contributed by atoms with van der Waals surface area (Å²) >= 11 is 3.51. The fourth-order valence-corrected chi connectivity index (χ4v) is 3.54. The molecule has 2 amide bonds. The van der Waals surface area contributed by atoms with E-state index in [1.54, 1.807) is 19.9 Å². The van der Waals surface area contributed by atoms with Crippen molar-refractivity contribution in [3.63, 3.8) is 0 Å². The van der Waals surface area contributed by atoms with Crippen LogP contribution >= 0.6 is 15.9 Å². The van der Waals surface area contributed by atoms with E-state index in [0.717, 1.165) is 0 Å². The predicted molar refractivity (Wildman–Crippen MR) is 109 cm³/mol. The predicted octanol–water partition coefficient (Wildman–Crippen LogP) is 4.22. The minimum absolute atomic E-state index is 0.276. The Kier molecular flexibility index (Phi) is 7.74. The lowest BCUT2D eigenvalue weighted by molar-refractivity contribution is -0.143. The van der Waals surface area contributed by atoms with Gasteiger partial charge in [-0.05, 0) is 67.7 Å². The Hall–Kier alpha value is -2.22. The highest BCUT2D eigenvalue weighted by molar-refractivity contribution is 9.10. The molecule has 0 aromatic heterocycles. The molecular formula is C20H27BrN2O5. The number of rotatable bonds is 8. The molecule has 154 valence electrons. The Balaban J connectivity index is 2.58. The first kappa shape index (κ1) is 22.1. The Morgan fingerprint density at radius 2 is 1.86 bits per heavy atom. The van der Waals surface area contributed by atoms with Gasteiger partial charge in [-0.3, -0.25) is 0 Å². The molecule has 8 heteroatoms. The van der Waals surface area contributed by atoms with Crippen LogP contribution in [0.1, 0.15) is 52.6 Å². The van der Waals surface area contributed by atoms with E-state index in [0.29, 0.717) is 52.4 Å². The van der Waals surface area contributed by atoms with Crippen LogP contribution in [0.3, 0.4) is 0 Å². The van der Waals surface area contributed by atoms with Gasteiger partial charge in [-0.15, -0.1) is 0 Å². The van der Waals surface area contributed by atoms with Crippen molar-refractivity contribution in [2.45, 2.75) is 53.2 Å². The van der Waals surface area contributed by atoms with E-state index in [1.165, 1.54) is 0 Å². The molecule has 0 bridgehead atoms. The number of allylic oxidation sites excluding steroid dienone is 1. The molecule has 28 heavy (non-hydrogen) atoms. The Labute approximate surface area is 173 Å². The van der Waals surface area contributed by atoms with Gasteiger partial charge in [0, 0.05) is 5.70 Å². The average molecular weight is 455 g/mol. The first-order valence-corrected chi connectivity index (χ1v) is 10.2. The second-order valence-corrected chi connectivity index (χ2v) is 7.28. The Bertz CT molecular complexity index is 776. The van der Waals surface area contributed by atoms with Crippen LogP contribution in [-0.2, 0) is 9.53 Å². The van der Waals surface area contributed by atoms with Crippen molar-refractivity contribution < 1.29 is 23.8 Å². The highest BCUT2D eigenvalue weighted by Crippen LogP contribution is 2.40. The molecule has 2 rings (SSSR count). The van der Waals surface area contributed by atoms with Crippen molar-refractivity contribution in [2.24, 2.45) is 0 Å². The Morgan fingerprint density at radius 3 is 2.43 bits per heavy atom. The third-order valence-electron chi connectivity index (χ3n) is 4.02. The summed E-state index contributed by atoms with van der Waals surface area (Å²) < 4.78 is 17.5. The first-order valence-electron chi connectivity index (χ1n) is 9.42. The maximum Gasteiger partial charge on any atom is 0.338 e. The SMILES string of the molecule is CCOc1cc(C2NC(=O)NC(CC)=C2C(=O)OC(C)C)cc(Br)c1OCC. The lowest BCUT2D eigenvalue weighted by atomic mass is 9.94. The van der Waals surface area contributed by atoms with Crippen molar-refractivity contribution >= 4 is 27.9 Å². The van der Waals surface area contributed by atoms with Crippen molar-refractivity contribution in [2.75, 3.05) is 13.2 Å². The molecule has 0 fully saturated rings. The molecule has 1 unspecified atom stereocenters. The summed E-state index contributed by atoms with van der Waals surface area (Å²) in [6.07, 6.45) is 0.214. The van der Waals surface area contributed by atoms with Crippen LogP contribution in [0, 0.1) is 0 Å². The molecule has 0 saturated carbocycles. The molecule has 1 aliphatic heterocycles. The number of halogens is 1. The van der Waals surface area contributed by atoms with Gasteiger partial charge in [0.15, 0.2) is 11.5 Å². The van der Waals surface area contributed by atoms with E-state index in [9.17, 15) is 9.59 Å². The minimum Gasteiger partial charge on any atom is -0.490 e. The van der Waals surface area contributed by atoms with E-state index >= 15 is 0 Å². The number of hydrogen-bond donors (Lipinski definition) is 2. The number of benzene rings is 1. The normalized spacial score (nSPS) is 16.5. The highest BCUT2D eigenvalue weighted by Gasteiger charge is 2.34. The van der Waals surface area contributed by atoms with Gasteiger partial charge in [0.05, 0.1) is 35.4 Å². The smallest absolute Gasteiger partial charge is 0.338 e. The quantitative estimate of drug-likeness (QED) is 0.574. The molecule has 7 nitrogen and oxygen atoms in total. The Morgan fingerprint density at radius 1 is 1.18 bits per heavy atom. The van der Waals surface area contributed by atoms with Gasteiger partial charge in [0.1, 0.15) is 0 Å². The lowest BCUT2D eigenvalue weighted by Crippen LogP contribution is -2.46. The third kappa shape index (κ3) is 4.98. The third-order valence-corrected chi connectivity index (χ3v) is 4.61. The number of esters is 1. The van der Waals surface area contributed by atoms with Gasteiger partial charge in [-0.25, -0.2) is 9.59 Å². The standard InChI is InChI=1S/C20H27BrN2O5/c1-6-14-16(19(24)28-11(4)5)17(23-20(25)22-14)12-9-13(21)18(27-8-3)15(10-12)26-7-2/h9-11,17H,6-8H2,1-5H3,(H2,22,23,25). The van der Waals surface area contributed by atoms with E-state index in [2.05, 4.69) is 26.6 Å². The van der Waals surface area contributed by atoms with Gasteiger partial charge in [0.2, 0.25) is 0 Å². The molecule has 0 saturated heterocycles. The average Bonchev–Trinajstić information content (AvgIpc) is 2.63. The number of nitrogens with one attached hydrogen (secondary N) is 2. The fraction of sp³-hybridized carbons (Fsp3) is 0.500. The topological polar surface area (TPSA) is 85.9 Å². The molecular weight excluding hydrogens is 428 g/mol. The van der Waals surface area contributed by atoms with Crippen molar-refractivity contribution in [1.82, 2.24) is 10.6 Å². The van der Waals surface area contributed by atoms with Crippen LogP contribution < -0.4 is 20.1 Å². The molecule has 0 aliphatic carbocycles. The van der Waals surface area contributed by atoms with Gasteiger partial charge < -0.3 is 24.8 Å². The van der Waals surface area contributed by atoms with Crippen LogP contribution in [0.2, 0.25) is 0 Å². The fourth-order valence-electron chi connectivity index (χ4n) is 2.97.